The van der Waals surface area contributed by atoms with Gasteiger partial charge in [-0.15, -0.1) is 0 Å². The predicted octanol–water partition coefficient (Wildman–Crippen LogP) is 4.56. The normalized spacial score (nSPS) is 11.4. The van der Waals surface area contributed by atoms with Crippen LogP contribution >= 0.6 is 15.9 Å². The molecular weight excluding hydrogens is 319 g/mol. The molecule has 0 aliphatic heterocycles. The lowest BCUT2D eigenvalue weighted by atomic mass is 9.84. The minimum absolute atomic E-state index is 0.0649. The number of hydrogen-bond donors (Lipinski definition) is 2. The van der Waals surface area contributed by atoms with Gasteiger partial charge in [0.15, 0.2) is 0 Å². The second-order valence-electron chi connectivity index (χ2n) is 5.48. The van der Waals surface area contributed by atoms with Crippen LogP contribution < -0.4 is 11.1 Å². The van der Waals surface area contributed by atoms with Crippen LogP contribution in [0.4, 0.5) is 15.8 Å². The Bertz CT molecular complexity index is 611. The van der Waals surface area contributed by atoms with Crippen molar-refractivity contribution in [1.82, 2.24) is 0 Å². The Labute approximate surface area is 127 Å². The SMILES string of the molecule is CC(C)(CNc1ccc(F)cc1N)c1cccc(Br)c1. The van der Waals surface area contributed by atoms with E-state index in [1.807, 2.05) is 12.1 Å². The van der Waals surface area contributed by atoms with E-state index in [1.165, 1.54) is 17.7 Å². The molecule has 4 heteroatoms. The first-order valence-corrected chi connectivity index (χ1v) is 7.23. The molecule has 106 valence electrons. The van der Waals surface area contributed by atoms with E-state index in [2.05, 4.69) is 47.2 Å². The lowest BCUT2D eigenvalue weighted by Crippen LogP contribution is -2.27. The molecule has 0 aliphatic carbocycles. The molecule has 0 atom stereocenters. The fraction of sp³-hybridized carbons (Fsp3) is 0.250. The third kappa shape index (κ3) is 3.51. The fourth-order valence-corrected chi connectivity index (χ4v) is 2.42. The van der Waals surface area contributed by atoms with Crippen molar-refractivity contribution in [3.63, 3.8) is 0 Å². The Morgan fingerprint density at radius 2 is 1.95 bits per heavy atom. The molecule has 0 radical (unpaired) electrons. The first-order valence-electron chi connectivity index (χ1n) is 6.43. The highest BCUT2D eigenvalue weighted by Gasteiger charge is 2.20. The van der Waals surface area contributed by atoms with Gasteiger partial charge in [0.05, 0.1) is 11.4 Å². The van der Waals surface area contributed by atoms with Crippen LogP contribution in [0.15, 0.2) is 46.9 Å². The van der Waals surface area contributed by atoms with E-state index in [4.69, 9.17) is 5.73 Å². The average molecular weight is 337 g/mol. The molecule has 0 saturated carbocycles. The Hall–Kier alpha value is -1.55. The number of rotatable bonds is 4. The monoisotopic (exact) mass is 336 g/mol. The highest BCUT2D eigenvalue weighted by molar-refractivity contribution is 9.10. The average Bonchev–Trinajstić information content (AvgIpc) is 2.37. The molecule has 0 saturated heterocycles. The first kappa shape index (κ1) is 14.9. The van der Waals surface area contributed by atoms with Crippen LogP contribution in [0.3, 0.4) is 0 Å². The largest absolute Gasteiger partial charge is 0.397 e. The summed E-state index contributed by atoms with van der Waals surface area (Å²) in [5, 5.41) is 3.29. The summed E-state index contributed by atoms with van der Waals surface area (Å²) >= 11 is 3.49. The van der Waals surface area contributed by atoms with Crippen LogP contribution in [0, 0.1) is 5.82 Å². The number of hydrogen-bond acceptors (Lipinski definition) is 2. The summed E-state index contributed by atoms with van der Waals surface area (Å²) in [4.78, 5) is 0. The number of nitrogens with two attached hydrogens (primary N) is 1. The summed E-state index contributed by atoms with van der Waals surface area (Å²) in [7, 11) is 0. The molecule has 0 amide bonds. The minimum atomic E-state index is -0.320. The lowest BCUT2D eigenvalue weighted by molar-refractivity contribution is 0.557. The summed E-state index contributed by atoms with van der Waals surface area (Å²) in [5.41, 5.74) is 8.15. The van der Waals surface area contributed by atoms with Crippen molar-refractivity contribution in [2.24, 2.45) is 0 Å². The minimum Gasteiger partial charge on any atom is -0.397 e. The van der Waals surface area contributed by atoms with Crippen molar-refractivity contribution < 1.29 is 4.39 Å². The highest BCUT2D eigenvalue weighted by Crippen LogP contribution is 2.27. The zero-order valence-electron chi connectivity index (χ0n) is 11.6. The van der Waals surface area contributed by atoms with E-state index in [-0.39, 0.29) is 11.2 Å². The molecule has 2 aromatic rings. The second-order valence-corrected chi connectivity index (χ2v) is 6.40. The van der Waals surface area contributed by atoms with Crippen LogP contribution in [-0.4, -0.2) is 6.54 Å². The van der Waals surface area contributed by atoms with E-state index in [9.17, 15) is 4.39 Å². The van der Waals surface area contributed by atoms with Crippen molar-refractivity contribution in [3.05, 3.63) is 58.3 Å². The van der Waals surface area contributed by atoms with Crippen LogP contribution in [-0.2, 0) is 5.41 Å². The molecule has 0 aliphatic rings. The van der Waals surface area contributed by atoms with Gasteiger partial charge >= 0.3 is 0 Å². The second kappa shape index (κ2) is 5.83. The van der Waals surface area contributed by atoms with Crippen molar-refractivity contribution in [3.8, 4) is 0 Å². The van der Waals surface area contributed by atoms with E-state index in [0.29, 0.717) is 12.2 Å². The number of nitrogen functional groups attached to an aromatic ring is 1. The van der Waals surface area contributed by atoms with Gasteiger partial charge in [0, 0.05) is 16.4 Å². The molecule has 0 bridgehead atoms. The Morgan fingerprint density at radius 1 is 1.20 bits per heavy atom. The van der Waals surface area contributed by atoms with Crippen LogP contribution in [0.25, 0.3) is 0 Å². The van der Waals surface area contributed by atoms with Crippen molar-refractivity contribution in [1.29, 1.82) is 0 Å². The summed E-state index contributed by atoms with van der Waals surface area (Å²) in [6.07, 6.45) is 0. The van der Waals surface area contributed by atoms with Gasteiger partial charge < -0.3 is 11.1 Å². The third-order valence-electron chi connectivity index (χ3n) is 3.34. The number of nitrogens with one attached hydrogen (secondary N) is 1. The van der Waals surface area contributed by atoms with Gasteiger partial charge in [-0.3, -0.25) is 0 Å². The van der Waals surface area contributed by atoms with E-state index < -0.39 is 0 Å². The van der Waals surface area contributed by atoms with Crippen LogP contribution in [0.5, 0.6) is 0 Å². The summed E-state index contributed by atoms with van der Waals surface area (Å²) < 4.78 is 14.1. The molecule has 0 spiro atoms. The van der Waals surface area contributed by atoms with Gasteiger partial charge in [-0.25, -0.2) is 4.39 Å². The van der Waals surface area contributed by atoms with Gasteiger partial charge in [0.1, 0.15) is 5.82 Å². The van der Waals surface area contributed by atoms with E-state index >= 15 is 0 Å². The maximum Gasteiger partial charge on any atom is 0.125 e. The topological polar surface area (TPSA) is 38.0 Å². The standard InChI is InChI=1S/C16H18BrFN2/c1-16(2,11-4-3-5-12(17)8-11)10-20-15-7-6-13(18)9-14(15)19/h3-9,20H,10,19H2,1-2H3. The Morgan fingerprint density at radius 3 is 2.60 bits per heavy atom. The Kier molecular flexibility index (Phi) is 4.33. The van der Waals surface area contributed by atoms with Gasteiger partial charge in [-0.1, -0.05) is 41.9 Å². The highest BCUT2D eigenvalue weighted by atomic mass is 79.9. The zero-order valence-corrected chi connectivity index (χ0v) is 13.2. The lowest BCUT2D eigenvalue weighted by Gasteiger charge is -2.27. The van der Waals surface area contributed by atoms with E-state index in [1.54, 1.807) is 6.07 Å². The van der Waals surface area contributed by atoms with Gasteiger partial charge in [0.2, 0.25) is 0 Å². The predicted molar refractivity (Wildman–Crippen MR) is 86.5 cm³/mol. The quantitative estimate of drug-likeness (QED) is 0.803. The molecule has 2 rings (SSSR count). The zero-order chi connectivity index (χ0) is 14.8. The molecule has 2 nitrogen and oxygen atoms in total. The molecular formula is C16H18BrFN2. The number of halogens is 2. The summed E-state index contributed by atoms with van der Waals surface area (Å²) in [6.45, 7) is 5.02. The molecule has 0 heterocycles. The Balaban J connectivity index is 2.12. The van der Waals surface area contributed by atoms with Crippen LogP contribution in [0.2, 0.25) is 0 Å². The van der Waals surface area contributed by atoms with Crippen molar-refractivity contribution >= 4 is 27.3 Å². The van der Waals surface area contributed by atoms with Crippen LogP contribution in [0.1, 0.15) is 19.4 Å². The van der Waals surface area contributed by atoms with E-state index in [0.717, 1.165) is 10.2 Å². The smallest absolute Gasteiger partial charge is 0.125 e. The molecule has 3 N–H and O–H groups in total. The summed E-state index contributed by atoms with van der Waals surface area (Å²) in [6, 6.07) is 12.6. The third-order valence-corrected chi connectivity index (χ3v) is 3.83. The number of benzene rings is 2. The number of anilines is 2. The van der Waals surface area contributed by atoms with Crippen molar-refractivity contribution in [2.75, 3.05) is 17.6 Å². The van der Waals surface area contributed by atoms with Crippen molar-refractivity contribution in [2.45, 2.75) is 19.3 Å². The molecule has 20 heavy (non-hydrogen) atoms. The van der Waals surface area contributed by atoms with Gasteiger partial charge in [-0.05, 0) is 35.9 Å². The molecule has 0 unspecified atom stereocenters. The molecule has 0 aromatic heterocycles. The maximum atomic E-state index is 13.0. The summed E-state index contributed by atoms with van der Waals surface area (Å²) in [5.74, 6) is -0.320. The van der Waals surface area contributed by atoms with Gasteiger partial charge in [-0.2, -0.15) is 0 Å². The maximum absolute atomic E-state index is 13.0. The fourth-order valence-electron chi connectivity index (χ4n) is 2.02. The van der Waals surface area contributed by atoms with Gasteiger partial charge in [0.25, 0.3) is 0 Å². The molecule has 0 fully saturated rings. The molecule has 2 aromatic carbocycles. The first-order chi connectivity index (χ1) is 9.38.